The number of nitrogens with two attached hydrogens (primary N) is 1. The number of halogens is 1. The topological polar surface area (TPSA) is 106 Å². The summed E-state index contributed by atoms with van der Waals surface area (Å²) in [6.07, 6.45) is 11.4. The summed E-state index contributed by atoms with van der Waals surface area (Å²) in [4.78, 5) is 9.19. The fourth-order valence-electron chi connectivity index (χ4n) is 4.41. The molecule has 9 heteroatoms. The SMILES string of the molecule is C=CC(=N/C(=C\N)NCC1CCOCC1)c1cc(NC2CCC(NCCOC)CC2)ncc1Cl. The van der Waals surface area contributed by atoms with Gasteiger partial charge in [-0.15, -0.1) is 0 Å². The van der Waals surface area contributed by atoms with Crippen molar-refractivity contribution in [2.75, 3.05) is 45.3 Å². The van der Waals surface area contributed by atoms with Gasteiger partial charge in [0.15, 0.2) is 0 Å². The van der Waals surface area contributed by atoms with E-state index < -0.39 is 0 Å². The standard InChI is InChI=1S/C25H39ClN6O2/c1-3-23(32-25(15-27)29-16-18-8-11-34-12-9-18)21-14-24(30-17-22(21)26)31-20-6-4-19(5-7-20)28-10-13-33-2/h3,14-15,17-20,28-29H,1,4-13,16,27H2,2H3,(H,30,31)/b25-15-,32-23?. The molecule has 1 saturated heterocycles. The van der Waals surface area contributed by atoms with Gasteiger partial charge in [-0.2, -0.15) is 0 Å². The molecule has 5 N–H and O–H groups in total. The van der Waals surface area contributed by atoms with Crippen molar-refractivity contribution in [2.24, 2.45) is 16.6 Å². The number of nitrogens with one attached hydrogen (secondary N) is 3. The zero-order valence-electron chi connectivity index (χ0n) is 20.2. The Morgan fingerprint density at radius 1 is 1.26 bits per heavy atom. The van der Waals surface area contributed by atoms with Crippen LogP contribution in [0.5, 0.6) is 0 Å². The van der Waals surface area contributed by atoms with Crippen LogP contribution in [0, 0.1) is 5.92 Å². The molecule has 2 fully saturated rings. The number of allylic oxidation sites excluding steroid dienone is 1. The number of ether oxygens (including phenoxy) is 2. The van der Waals surface area contributed by atoms with Crippen molar-refractivity contribution in [2.45, 2.75) is 50.6 Å². The third kappa shape index (κ3) is 8.27. The number of rotatable bonds is 12. The maximum Gasteiger partial charge on any atom is 0.142 e. The number of pyridine rings is 1. The molecule has 8 nitrogen and oxygen atoms in total. The first-order valence-corrected chi connectivity index (χ1v) is 12.6. The van der Waals surface area contributed by atoms with E-state index in [1.54, 1.807) is 19.4 Å². The van der Waals surface area contributed by atoms with Crippen molar-refractivity contribution in [3.8, 4) is 0 Å². The van der Waals surface area contributed by atoms with E-state index in [2.05, 4.69) is 27.5 Å². The molecule has 1 aliphatic carbocycles. The van der Waals surface area contributed by atoms with E-state index in [0.717, 1.165) is 82.8 Å². The van der Waals surface area contributed by atoms with Crippen LogP contribution < -0.4 is 21.7 Å². The van der Waals surface area contributed by atoms with Crippen LogP contribution in [0.25, 0.3) is 0 Å². The molecule has 0 radical (unpaired) electrons. The van der Waals surface area contributed by atoms with E-state index in [1.165, 1.54) is 6.20 Å². The zero-order chi connectivity index (χ0) is 24.2. The van der Waals surface area contributed by atoms with Gasteiger partial charge in [-0.05, 0) is 56.6 Å². The first-order chi connectivity index (χ1) is 16.6. The molecule has 0 spiro atoms. The zero-order valence-corrected chi connectivity index (χ0v) is 20.9. The Morgan fingerprint density at radius 2 is 2.00 bits per heavy atom. The number of aliphatic imine (C=N–C) groups is 1. The van der Waals surface area contributed by atoms with Gasteiger partial charge in [-0.3, -0.25) is 0 Å². The number of hydrogen-bond donors (Lipinski definition) is 4. The fraction of sp³-hybridized carbons (Fsp3) is 0.600. The van der Waals surface area contributed by atoms with Gasteiger partial charge >= 0.3 is 0 Å². The van der Waals surface area contributed by atoms with Gasteiger partial charge in [0.05, 0.1) is 17.3 Å². The molecule has 1 aromatic rings. The van der Waals surface area contributed by atoms with Gasteiger partial charge in [0, 0.05) is 63.5 Å². The summed E-state index contributed by atoms with van der Waals surface area (Å²) in [5, 5.41) is 11.0. The lowest BCUT2D eigenvalue weighted by Crippen LogP contribution is -2.38. The highest BCUT2D eigenvalue weighted by molar-refractivity contribution is 6.35. The summed E-state index contributed by atoms with van der Waals surface area (Å²) in [6.45, 7) is 8.01. The van der Waals surface area contributed by atoms with E-state index in [1.807, 2.05) is 6.07 Å². The summed E-state index contributed by atoms with van der Waals surface area (Å²) >= 11 is 6.50. The quantitative estimate of drug-likeness (QED) is 0.262. The number of methoxy groups -OCH3 is 1. The minimum Gasteiger partial charge on any atom is -0.402 e. The third-order valence-electron chi connectivity index (χ3n) is 6.45. The molecule has 2 heterocycles. The van der Waals surface area contributed by atoms with Crippen molar-refractivity contribution in [3.05, 3.63) is 47.5 Å². The molecule has 0 bridgehead atoms. The lowest BCUT2D eigenvalue weighted by molar-refractivity contribution is 0.0670. The second-order valence-electron chi connectivity index (χ2n) is 8.88. The second kappa shape index (κ2) is 14.3. The Bertz CT molecular complexity index is 833. The predicted molar refractivity (Wildman–Crippen MR) is 139 cm³/mol. The van der Waals surface area contributed by atoms with Crippen molar-refractivity contribution in [1.82, 2.24) is 15.6 Å². The number of hydrogen-bond acceptors (Lipinski definition) is 8. The first-order valence-electron chi connectivity index (χ1n) is 12.2. The van der Waals surface area contributed by atoms with Crippen LogP contribution in [0.15, 0.2) is 41.9 Å². The van der Waals surface area contributed by atoms with Gasteiger partial charge in [0.25, 0.3) is 0 Å². The Morgan fingerprint density at radius 3 is 2.68 bits per heavy atom. The van der Waals surface area contributed by atoms with Crippen molar-refractivity contribution in [3.63, 3.8) is 0 Å². The molecular formula is C25H39ClN6O2. The maximum atomic E-state index is 6.50. The van der Waals surface area contributed by atoms with Gasteiger partial charge in [-0.25, -0.2) is 9.98 Å². The van der Waals surface area contributed by atoms with Crippen LogP contribution in [-0.2, 0) is 9.47 Å². The summed E-state index contributed by atoms with van der Waals surface area (Å²) in [5.74, 6) is 1.94. The van der Waals surface area contributed by atoms with Gasteiger partial charge in [0.2, 0.25) is 0 Å². The van der Waals surface area contributed by atoms with E-state index in [0.29, 0.717) is 34.6 Å². The maximum absolute atomic E-state index is 6.50. The highest BCUT2D eigenvalue weighted by Gasteiger charge is 2.21. The summed E-state index contributed by atoms with van der Waals surface area (Å²) in [6, 6.07) is 2.88. The number of aromatic nitrogens is 1. The number of nitrogens with zero attached hydrogens (tertiary/aromatic N) is 2. The summed E-state index contributed by atoms with van der Waals surface area (Å²) < 4.78 is 10.6. The Labute approximate surface area is 208 Å². The van der Waals surface area contributed by atoms with Crippen molar-refractivity contribution in [1.29, 1.82) is 0 Å². The van der Waals surface area contributed by atoms with Crippen LogP contribution in [-0.4, -0.2) is 62.8 Å². The fourth-order valence-corrected chi connectivity index (χ4v) is 4.61. The molecular weight excluding hydrogens is 452 g/mol. The Hall–Kier alpha value is -2.13. The molecule has 3 rings (SSSR count). The molecule has 188 valence electrons. The van der Waals surface area contributed by atoms with Gasteiger partial charge < -0.3 is 31.2 Å². The molecule has 2 aliphatic rings. The van der Waals surface area contributed by atoms with Crippen LogP contribution in [0.2, 0.25) is 5.02 Å². The van der Waals surface area contributed by atoms with Crippen molar-refractivity contribution >= 4 is 23.1 Å². The molecule has 1 saturated carbocycles. The van der Waals surface area contributed by atoms with Crippen LogP contribution in [0.4, 0.5) is 5.82 Å². The second-order valence-corrected chi connectivity index (χ2v) is 9.29. The largest absolute Gasteiger partial charge is 0.402 e. The van der Waals surface area contributed by atoms with E-state index in [-0.39, 0.29) is 0 Å². The molecule has 0 unspecified atom stereocenters. The first kappa shape index (κ1) is 26.5. The smallest absolute Gasteiger partial charge is 0.142 e. The lowest BCUT2D eigenvalue weighted by atomic mass is 9.91. The predicted octanol–water partition coefficient (Wildman–Crippen LogP) is 3.44. The van der Waals surface area contributed by atoms with E-state index in [4.69, 9.17) is 31.8 Å². The normalized spacial score (nSPS) is 22.4. The van der Waals surface area contributed by atoms with Crippen LogP contribution >= 0.6 is 11.6 Å². The van der Waals surface area contributed by atoms with Gasteiger partial charge in [-0.1, -0.05) is 18.2 Å². The molecule has 1 aliphatic heterocycles. The average molecular weight is 491 g/mol. The Balaban J connectivity index is 1.60. The van der Waals surface area contributed by atoms with Crippen LogP contribution in [0.3, 0.4) is 0 Å². The molecule has 0 amide bonds. The average Bonchev–Trinajstić information content (AvgIpc) is 2.87. The molecule has 34 heavy (non-hydrogen) atoms. The number of anilines is 1. The lowest BCUT2D eigenvalue weighted by Gasteiger charge is -2.30. The van der Waals surface area contributed by atoms with Crippen LogP contribution in [0.1, 0.15) is 44.1 Å². The minimum absolute atomic E-state index is 0.381. The van der Waals surface area contributed by atoms with Crippen molar-refractivity contribution < 1.29 is 9.47 Å². The van der Waals surface area contributed by atoms with E-state index in [9.17, 15) is 0 Å². The van der Waals surface area contributed by atoms with Gasteiger partial charge in [0.1, 0.15) is 11.6 Å². The Kier molecular flexibility index (Phi) is 11.1. The highest BCUT2D eigenvalue weighted by Crippen LogP contribution is 2.25. The summed E-state index contributed by atoms with van der Waals surface area (Å²) in [7, 11) is 1.73. The highest BCUT2D eigenvalue weighted by atomic mass is 35.5. The molecule has 0 aromatic carbocycles. The summed E-state index contributed by atoms with van der Waals surface area (Å²) in [5.41, 5.74) is 7.28. The minimum atomic E-state index is 0.381. The third-order valence-corrected chi connectivity index (χ3v) is 6.76. The monoisotopic (exact) mass is 490 g/mol. The van der Waals surface area contributed by atoms with E-state index >= 15 is 0 Å². The molecule has 0 atom stereocenters. The molecule has 1 aromatic heterocycles.